The fraction of sp³-hybridized carbons (Fsp3) is 0.200. The molecular weight excluding hydrogens is 315 g/mol. The molecule has 5 nitrogen and oxygen atoms in total. The molecule has 0 aliphatic carbocycles. The molecule has 0 aliphatic heterocycles. The van der Waals surface area contributed by atoms with Gasteiger partial charge in [-0.2, -0.15) is 13.2 Å². The number of aromatic nitrogens is 2. The van der Waals surface area contributed by atoms with Gasteiger partial charge in [0, 0.05) is 0 Å². The molecule has 1 aromatic heterocycles. The molecule has 0 saturated heterocycles. The Morgan fingerprint density at radius 2 is 1.85 bits per heavy atom. The molecule has 2 aromatic rings. The zero-order chi connectivity index (χ0) is 15.0. The van der Waals surface area contributed by atoms with Gasteiger partial charge in [0.2, 0.25) is 5.13 Å². The van der Waals surface area contributed by atoms with E-state index in [1.165, 1.54) is 6.07 Å². The van der Waals surface area contributed by atoms with Gasteiger partial charge < -0.3 is 0 Å². The van der Waals surface area contributed by atoms with E-state index in [0.29, 0.717) is 11.1 Å². The quantitative estimate of drug-likeness (QED) is 0.942. The van der Waals surface area contributed by atoms with Gasteiger partial charge in [-0.15, -0.1) is 10.2 Å². The summed E-state index contributed by atoms with van der Waals surface area (Å²) in [6, 6.07) is 3.94. The molecule has 1 heterocycles. The first kappa shape index (κ1) is 14.7. The van der Waals surface area contributed by atoms with Gasteiger partial charge in [0.15, 0.2) is 0 Å². The molecule has 0 spiro atoms. The maximum Gasteiger partial charge on any atom is 0.417 e. The lowest BCUT2D eigenvalue weighted by Gasteiger charge is -2.12. The van der Waals surface area contributed by atoms with E-state index < -0.39 is 26.7 Å². The fourth-order valence-corrected chi connectivity index (χ4v) is 3.49. The van der Waals surface area contributed by atoms with E-state index >= 15 is 0 Å². The van der Waals surface area contributed by atoms with Crippen molar-refractivity contribution in [3.63, 3.8) is 0 Å². The van der Waals surface area contributed by atoms with Crippen molar-refractivity contribution in [2.75, 3.05) is 4.72 Å². The van der Waals surface area contributed by atoms with Crippen LogP contribution < -0.4 is 4.72 Å². The lowest BCUT2D eigenvalue weighted by molar-refractivity contribution is -0.139. The van der Waals surface area contributed by atoms with Crippen molar-refractivity contribution in [3.8, 4) is 0 Å². The smallest absolute Gasteiger partial charge is 0.253 e. The van der Waals surface area contributed by atoms with Gasteiger partial charge in [0.25, 0.3) is 10.0 Å². The average Bonchev–Trinajstić information content (AvgIpc) is 2.73. The Hall–Kier alpha value is -1.68. The first-order valence-electron chi connectivity index (χ1n) is 5.19. The predicted octanol–water partition coefficient (Wildman–Crippen LogP) is 2.67. The molecule has 20 heavy (non-hydrogen) atoms. The number of benzene rings is 1. The van der Waals surface area contributed by atoms with Crippen molar-refractivity contribution in [1.82, 2.24) is 10.2 Å². The summed E-state index contributed by atoms with van der Waals surface area (Å²) in [5.41, 5.74) is -1.23. The van der Waals surface area contributed by atoms with Gasteiger partial charge in [0.05, 0.1) is 10.5 Å². The Kier molecular flexibility index (Phi) is 3.69. The molecule has 10 heteroatoms. The standard InChI is InChI=1S/C10H8F3N3O2S2/c1-6-14-15-9(19-6)16-20(17,18)8-5-3-2-4-7(8)10(11,12)13/h2-5H,1H3,(H,15,16). The van der Waals surface area contributed by atoms with Crippen LogP contribution in [0.3, 0.4) is 0 Å². The highest BCUT2D eigenvalue weighted by Gasteiger charge is 2.37. The van der Waals surface area contributed by atoms with Crippen LogP contribution in [0.5, 0.6) is 0 Å². The van der Waals surface area contributed by atoms with Crippen LogP contribution in [0.25, 0.3) is 0 Å². The summed E-state index contributed by atoms with van der Waals surface area (Å²) in [4.78, 5) is -0.847. The maximum absolute atomic E-state index is 12.8. The van der Waals surface area contributed by atoms with Crippen molar-refractivity contribution in [2.24, 2.45) is 0 Å². The number of rotatable bonds is 3. The summed E-state index contributed by atoms with van der Waals surface area (Å²) in [5, 5.41) is 7.51. The van der Waals surface area contributed by atoms with Crippen LogP contribution in [0.2, 0.25) is 0 Å². The Balaban J connectivity index is 2.45. The third kappa shape index (κ3) is 3.07. The Morgan fingerprint density at radius 1 is 1.20 bits per heavy atom. The number of aryl methyl sites for hydroxylation is 1. The van der Waals surface area contributed by atoms with Crippen LogP contribution in [0.1, 0.15) is 10.6 Å². The van der Waals surface area contributed by atoms with E-state index in [9.17, 15) is 21.6 Å². The number of hydrogen-bond acceptors (Lipinski definition) is 5. The number of halogens is 3. The number of nitrogens with zero attached hydrogens (tertiary/aromatic N) is 2. The van der Waals surface area contributed by atoms with E-state index in [4.69, 9.17) is 0 Å². The summed E-state index contributed by atoms with van der Waals surface area (Å²) in [7, 11) is -4.38. The highest BCUT2D eigenvalue weighted by atomic mass is 32.2. The maximum atomic E-state index is 12.8. The molecule has 1 aromatic carbocycles. The molecular formula is C10H8F3N3O2S2. The fourth-order valence-electron chi connectivity index (χ4n) is 1.44. The molecule has 0 amide bonds. The zero-order valence-corrected chi connectivity index (χ0v) is 11.6. The molecule has 1 N–H and O–H groups in total. The van der Waals surface area contributed by atoms with Crippen molar-refractivity contribution in [2.45, 2.75) is 18.0 Å². The van der Waals surface area contributed by atoms with E-state index in [1.807, 2.05) is 4.72 Å². The first-order chi connectivity index (χ1) is 9.20. The van der Waals surface area contributed by atoms with Crippen LogP contribution in [0, 0.1) is 6.92 Å². The number of alkyl halides is 3. The molecule has 2 rings (SSSR count). The second-order valence-electron chi connectivity index (χ2n) is 3.73. The van der Waals surface area contributed by atoms with Crippen LogP contribution in [0.4, 0.5) is 18.3 Å². The molecule has 108 valence electrons. The lowest BCUT2D eigenvalue weighted by atomic mass is 10.2. The highest BCUT2D eigenvalue weighted by Crippen LogP contribution is 2.34. The Morgan fingerprint density at radius 3 is 2.40 bits per heavy atom. The lowest BCUT2D eigenvalue weighted by Crippen LogP contribution is -2.18. The number of anilines is 1. The van der Waals surface area contributed by atoms with Gasteiger partial charge in [-0.3, -0.25) is 4.72 Å². The van der Waals surface area contributed by atoms with E-state index in [0.717, 1.165) is 23.5 Å². The number of sulfonamides is 1. The van der Waals surface area contributed by atoms with Crippen LogP contribution >= 0.6 is 11.3 Å². The van der Waals surface area contributed by atoms with Crippen LogP contribution in [0.15, 0.2) is 29.2 Å². The highest BCUT2D eigenvalue weighted by molar-refractivity contribution is 7.93. The second-order valence-corrected chi connectivity index (χ2v) is 6.56. The minimum absolute atomic E-state index is 0.0838. The molecule has 0 atom stereocenters. The third-order valence-electron chi connectivity index (χ3n) is 2.23. The number of hydrogen-bond donors (Lipinski definition) is 1. The minimum Gasteiger partial charge on any atom is -0.253 e. The Labute approximate surface area is 116 Å². The minimum atomic E-state index is -4.76. The summed E-state index contributed by atoms with van der Waals surface area (Å²) < 4.78 is 64.4. The van der Waals surface area contributed by atoms with E-state index in [2.05, 4.69) is 10.2 Å². The summed E-state index contributed by atoms with van der Waals surface area (Å²) >= 11 is 0.929. The summed E-state index contributed by atoms with van der Waals surface area (Å²) in [5.74, 6) is 0. The molecule has 0 fully saturated rings. The largest absolute Gasteiger partial charge is 0.417 e. The monoisotopic (exact) mass is 323 g/mol. The SMILES string of the molecule is Cc1nnc(NS(=O)(=O)c2ccccc2C(F)(F)F)s1. The topological polar surface area (TPSA) is 72.0 Å². The van der Waals surface area contributed by atoms with Crippen LogP contribution in [-0.4, -0.2) is 18.6 Å². The molecule has 0 aliphatic rings. The summed E-state index contributed by atoms with van der Waals surface area (Å²) in [6.07, 6.45) is -4.76. The third-order valence-corrected chi connectivity index (χ3v) is 4.51. The normalized spacial score (nSPS) is 12.4. The van der Waals surface area contributed by atoms with Crippen molar-refractivity contribution in [1.29, 1.82) is 0 Å². The molecule has 0 unspecified atom stereocenters. The zero-order valence-electron chi connectivity index (χ0n) is 9.97. The van der Waals surface area contributed by atoms with Gasteiger partial charge in [-0.1, -0.05) is 23.5 Å². The van der Waals surface area contributed by atoms with Gasteiger partial charge in [-0.25, -0.2) is 8.42 Å². The average molecular weight is 323 g/mol. The van der Waals surface area contributed by atoms with Gasteiger partial charge in [-0.05, 0) is 19.1 Å². The van der Waals surface area contributed by atoms with Gasteiger partial charge >= 0.3 is 6.18 Å². The van der Waals surface area contributed by atoms with E-state index in [1.54, 1.807) is 6.92 Å². The summed E-state index contributed by atoms with van der Waals surface area (Å²) in [6.45, 7) is 1.60. The van der Waals surface area contributed by atoms with Crippen molar-refractivity contribution >= 4 is 26.5 Å². The number of nitrogens with one attached hydrogen (secondary N) is 1. The van der Waals surface area contributed by atoms with Crippen molar-refractivity contribution in [3.05, 3.63) is 34.8 Å². The molecule has 0 saturated carbocycles. The Bertz CT molecular complexity index is 725. The molecule has 0 bridgehead atoms. The van der Waals surface area contributed by atoms with Crippen LogP contribution in [-0.2, 0) is 16.2 Å². The van der Waals surface area contributed by atoms with Gasteiger partial charge in [0.1, 0.15) is 5.01 Å². The first-order valence-corrected chi connectivity index (χ1v) is 7.49. The predicted molar refractivity (Wildman–Crippen MR) is 66.9 cm³/mol. The second kappa shape index (κ2) is 5.02. The molecule has 0 radical (unpaired) electrons. The van der Waals surface area contributed by atoms with E-state index in [-0.39, 0.29) is 5.13 Å². The van der Waals surface area contributed by atoms with Crippen molar-refractivity contribution < 1.29 is 21.6 Å².